The highest BCUT2D eigenvalue weighted by Gasteiger charge is 2.09. The molecule has 1 rings (SSSR count). The molecule has 0 fully saturated rings. The molecule has 2 amide bonds. The van der Waals surface area contributed by atoms with E-state index in [2.05, 4.69) is 10.6 Å². The molecule has 1 aromatic carbocycles. The Balaban J connectivity index is 2.33. The van der Waals surface area contributed by atoms with E-state index >= 15 is 0 Å². The molecule has 122 valence electrons. The van der Waals surface area contributed by atoms with Crippen LogP contribution in [-0.4, -0.2) is 50.5 Å². The third-order valence-electron chi connectivity index (χ3n) is 3.02. The Hall–Kier alpha value is -2.08. The molecule has 22 heavy (non-hydrogen) atoms. The van der Waals surface area contributed by atoms with E-state index in [4.69, 9.17) is 4.74 Å². The van der Waals surface area contributed by atoms with Crippen molar-refractivity contribution >= 4 is 11.8 Å². The van der Waals surface area contributed by atoms with E-state index in [1.54, 1.807) is 7.11 Å². The molecule has 0 radical (unpaired) electrons. The van der Waals surface area contributed by atoms with Crippen LogP contribution >= 0.6 is 0 Å². The Morgan fingerprint density at radius 2 is 2.00 bits per heavy atom. The summed E-state index contributed by atoms with van der Waals surface area (Å²) in [7, 11) is 3.48. The van der Waals surface area contributed by atoms with Crippen molar-refractivity contribution in [1.29, 1.82) is 0 Å². The molecule has 0 aliphatic rings. The maximum atomic E-state index is 11.8. The maximum absolute atomic E-state index is 11.8. The van der Waals surface area contributed by atoms with Crippen molar-refractivity contribution in [3.8, 4) is 5.75 Å². The fraction of sp³-hybridized carbons (Fsp3) is 0.500. The number of carbonyl (C=O) groups excluding carboxylic acids is 2. The summed E-state index contributed by atoms with van der Waals surface area (Å²) in [6.45, 7) is 3.49. The van der Waals surface area contributed by atoms with Crippen LogP contribution in [0.1, 0.15) is 18.9 Å². The van der Waals surface area contributed by atoms with E-state index < -0.39 is 0 Å². The summed E-state index contributed by atoms with van der Waals surface area (Å²) >= 11 is 0. The first-order valence-electron chi connectivity index (χ1n) is 7.40. The molecule has 2 N–H and O–H groups in total. The minimum atomic E-state index is -0.169. The van der Waals surface area contributed by atoms with Crippen LogP contribution in [0.25, 0.3) is 0 Å². The van der Waals surface area contributed by atoms with E-state index in [-0.39, 0.29) is 24.9 Å². The van der Waals surface area contributed by atoms with Crippen LogP contribution < -0.4 is 15.4 Å². The van der Waals surface area contributed by atoms with Crippen molar-refractivity contribution in [3.05, 3.63) is 29.8 Å². The standard InChI is InChI=1S/C16H25N3O3/c1-4-8-17-15(20)10-18-16(21)12-19(2)11-13-6-5-7-14(9-13)22-3/h5-7,9H,4,8,10-12H2,1-3H3,(H,17,20)(H,18,21). The molecule has 0 aliphatic carbocycles. The largest absolute Gasteiger partial charge is 0.497 e. The lowest BCUT2D eigenvalue weighted by atomic mass is 10.2. The highest BCUT2D eigenvalue weighted by molar-refractivity contribution is 5.85. The number of ether oxygens (including phenoxy) is 1. The average Bonchev–Trinajstić information content (AvgIpc) is 2.50. The smallest absolute Gasteiger partial charge is 0.239 e. The Bertz CT molecular complexity index is 491. The second-order valence-corrected chi connectivity index (χ2v) is 5.15. The Morgan fingerprint density at radius 1 is 1.23 bits per heavy atom. The van der Waals surface area contributed by atoms with Crippen molar-refractivity contribution in [2.75, 3.05) is 33.8 Å². The molecule has 1 aromatic rings. The fourth-order valence-electron chi connectivity index (χ4n) is 1.95. The molecule has 0 aliphatic heterocycles. The van der Waals surface area contributed by atoms with Crippen LogP contribution in [0.3, 0.4) is 0 Å². The fourth-order valence-corrected chi connectivity index (χ4v) is 1.95. The number of nitrogens with one attached hydrogen (secondary N) is 2. The van der Waals surface area contributed by atoms with Gasteiger partial charge in [-0.2, -0.15) is 0 Å². The van der Waals surface area contributed by atoms with Crippen molar-refractivity contribution in [1.82, 2.24) is 15.5 Å². The van der Waals surface area contributed by atoms with Crippen molar-refractivity contribution < 1.29 is 14.3 Å². The van der Waals surface area contributed by atoms with E-state index in [9.17, 15) is 9.59 Å². The zero-order valence-corrected chi connectivity index (χ0v) is 13.5. The van der Waals surface area contributed by atoms with Gasteiger partial charge in [0, 0.05) is 13.1 Å². The van der Waals surface area contributed by atoms with Crippen LogP contribution in [0.5, 0.6) is 5.75 Å². The van der Waals surface area contributed by atoms with Gasteiger partial charge < -0.3 is 15.4 Å². The van der Waals surface area contributed by atoms with Crippen LogP contribution in [0.2, 0.25) is 0 Å². The zero-order chi connectivity index (χ0) is 16.4. The van der Waals surface area contributed by atoms with Crippen molar-refractivity contribution in [3.63, 3.8) is 0 Å². The molecular weight excluding hydrogens is 282 g/mol. The summed E-state index contributed by atoms with van der Waals surface area (Å²) in [5.41, 5.74) is 1.07. The highest BCUT2D eigenvalue weighted by atomic mass is 16.5. The lowest BCUT2D eigenvalue weighted by Gasteiger charge is -2.16. The van der Waals surface area contributed by atoms with Gasteiger partial charge in [0.2, 0.25) is 11.8 Å². The molecular formula is C16H25N3O3. The molecule has 0 saturated heterocycles. The van der Waals surface area contributed by atoms with Gasteiger partial charge in [0.05, 0.1) is 20.2 Å². The van der Waals surface area contributed by atoms with Crippen LogP contribution in [0.15, 0.2) is 24.3 Å². The molecule has 0 saturated carbocycles. The van der Waals surface area contributed by atoms with Gasteiger partial charge in [-0.15, -0.1) is 0 Å². The summed E-state index contributed by atoms with van der Waals surface area (Å²) in [5.74, 6) is 0.464. The Morgan fingerprint density at radius 3 is 2.68 bits per heavy atom. The summed E-state index contributed by atoms with van der Waals surface area (Å²) < 4.78 is 5.17. The number of hydrogen-bond donors (Lipinski definition) is 2. The molecule has 0 unspecified atom stereocenters. The summed E-state index contributed by atoms with van der Waals surface area (Å²) in [4.78, 5) is 25.1. The molecule has 0 bridgehead atoms. The zero-order valence-electron chi connectivity index (χ0n) is 13.5. The van der Waals surface area contributed by atoms with Gasteiger partial charge in [-0.1, -0.05) is 19.1 Å². The average molecular weight is 307 g/mol. The normalized spacial score (nSPS) is 10.4. The number of benzene rings is 1. The number of hydrogen-bond acceptors (Lipinski definition) is 4. The SMILES string of the molecule is CCCNC(=O)CNC(=O)CN(C)Cc1cccc(OC)c1. The molecule has 0 aromatic heterocycles. The van der Waals surface area contributed by atoms with E-state index in [0.717, 1.165) is 17.7 Å². The summed E-state index contributed by atoms with van der Waals surface area (Å²) in [5, 5.41) is 5.33. The molecule has 0 heterocycles. The lowest BCUT2D eigenvalue weighted by Crippen LogP contribution is -2.41. The number of carbonyl (C=O) groups is 2. The maximum Gasteiger partial charge on any atom is 0.239 e. The lowest BCUT2D eigenvalue weighted by molar-refractivity contribution is -0.126. The first-order chi connectivity index (χ1) is 10.5. The summed E-state index contributed by atoms with van der Waals surface area (Å²) in [6, 6.07) is 7.72. The van der Waals surface area contributed by atoms with Gasteiger partial charge in [0.25, 0.3) is 0 Å². The minimum Gasteiger partial charge on any atom is -0.497 e. The minimum absolute atomic E-state index is 0.0197. The first kappa shape index (κ1) is 18.0. The predicted octanol–water partition coefficient (Wildman–Crippen LogP) is 0.769. The van der Waals surface area contributed by atoms with Gasteiger partial charge in [0.15, 0.2) is 0 Å². The van der Waals surface area contributed by atoms with Gasteiger partial charge in [-0.3, -0.25) is 14.5 Å². The van der Waals surface area contributed by atoms with E-state index in [1.807, 2.05) is 43.1 Å². The number of amides is 2. The van der Waals surface area contributed by atoms with Gasteiger partial charge in [0.1, 0.15) is 5.75 Å². The van der Waals surface area contributed by atoms with E-state index in [0.29, 0.717) is 13.1 Å². The number of likely N-dealkylation sites (N-methyl/N-ethyl adjacent to an activating group) is 1. The molecule has 6 nitrogen and oxygen atoms in total. The highest BCUT2D eigenvalue weighted by Crippen LogP contribution is 2.13. The second-order valence-electron chi connectivity index (χ2n) is 5.15. The topological polar surface area (TPSA) is 70.7 Å². The van der Waals surface area contributed by atoms with Crippen molar-refractivity contribution in [2.24, 2.45) is 0 Å². The van der Waals surface area contributed by atoms with Gasteiger partial charge >= 0.3 is 0 Å². The third-order valence-corrected chi connectivity index (χ3v) is 3.02. The first-order valence-corrected chi connectivity index (χ1v) is 7.40. The van der Waals surface area contributed by atoms with Crippen LogP contribution in [-0.2, 0) is 16.1 Å². The third kappa shape index (κ3) is 7.08. The Kier molecular flexibility index (Phi) is 7.99. The Labute approximate surface area is 131 Å². The monoisotopic (exact) mass is 307 g/mol. The number of rotatable bonds is 9. The second kappa shape index (κ2) is 9.78. The molecule has 0 atom stereocenters. The van der Waals surface area contributed by atoms with Gasteiger partial charge in [-0.25, -0.2) is 0 Å². The van der Waals surface area contributed by atoms with E-state index in [1.165, 1.54) is 0 Å². The predicted molar refractivity (Wildman–Crippen MR) is 85.6 cm³/mol. The van der Waals surface area contributed by atoms with Crippen molar-refractivity contribution in [2.45, 2.75) is 19.9 Å². The number of nitrogens with zero attached hydrogens (tertiary/aromatic N) is 1. The quantitative estimate of drug-likeness (QED) is 0.707. The van der Waals surface area contributed by atoms with Gasteiger partial charge in [-0.05, 0) is 31.2 Å². The molecule has 6 heteroatoms. The van der Waals surface area contributed by atoms with Crippen LogP contribution in [0, 0.1) is 0 Å². The number of methoxy groups -OCH3 is 1. The summed E-state index contributed by atoms with van der Waals surface area (Å²) in [6.07, 6.45) is 0.878. The molecule has 0 spiro atoms. The van der Waals surface area contributed by atoms with Crippen LogP contribution in [0.4, 0.5) is 0 Å².